The molecular weight excluding hydrogens is 296 g/mol. The molecule has 1 heterocycles. The van der Waals surface area contributed by atoms with Crippen LogP contribution in [0.3, 0.4) is 0 Å². The summed E-state index contributed by atoms with van der Waals surface area (Å²) in [6, 6.07) is 5.56. The smallest absolute Gasteiger partial charge is 0.253 e. The molecule has 0 bridgehead atoms. The summed E-state index contributed by atoms with van der Waals surface area (Å²) in [7, 11) is 0. The Hall–Kier alpha value is -1.92. The molecule has 23 heavy (non-hydrogen) atoms. The molecule has 1 N–H and O–H groups in total. The van der Waals surface area contributed by atoms with Crippen molar-refractivity contribution in [1.82, 2.24) is 0 Å². The summed E-state index contributed by atoms with van der Waals surface area (Å²) in [6.07, 6.45) is 1.28. The number of anilines is 2. The van der Waals surface area contributed by atoms with Crippen LogP contribution in [0.2, 0.25) is 0 Å². The number of amides is 2. The van der Waals surface area contributed by atoms with Crippen LogP contribution >= 0.6 is 0 Å². The van der Waals surface area contributed by atoms with Crippen LogP contribution in [0.5, 0.6) is 0 Å². The molecule has 1 aromatic carbocycles. The molecule has 0 radical (unpaired) electrons. The van der Waals surface area contributed by atoms with Gasteiger partial charge in [-0.05, 0) is 37.1 Å². The van der Waals surface area contributed by atoms with E-state index in [4.69, 9.17) is 9.47 Å². The minimum atomic E-state index is -0.0734. The van der Waals surface area contributed by atoms with Gasteiger partial charge in [-0.2, -0.15) is 0 Å². The van der Waals surface area contributed by atoms with Crippen LogP contribution in [-0.2, 0) is 19.1 Å². The Morgan fingerprint density at radius 2 is 2.22 bits per heavy atom. The van der Waals surface area contributed by atoms with Crippen LogP contribution in [0.1, 0.15) is 25.3 Å². The van der Waals surface area contributed by atoms with Gasteiger partial charge >= 0.3 is 0 Å². The second-order valence-corrected chi connectivity index (χ2v) is 5.51. The Morgan fingerprint density at radius 1 is 1.39 bits per heavy atom. The van der Waals surface area contributed by atoms with Crippen molar-refractivity contribution < 1.29 is 19.1 Å². The molecule has 6 heteroatoms. The summed E-state index contributed by atoms with van der Waals surface area (Å²) in [6.45, 7) is 6.28. The number of carbonyl (C=O) groups excluding carboxylic acids is 2. The Morgan fingerprint density at radius 3 is 2.91 bits per heavy atom. The second-order valence-electron chi connectivity index (χ2n) is 5.51. The molecule has 0 aromatic heterocycles. The van der Waals surface area contributed by atoms with E-state index in [0.717, 1.165) is 23.4 Å². The molecule has 1 aliphatic rings. The average molecular weight is 320 g/mol. The first kappa shape index (κ1) is 17.4. The Labute approximate surface area is 136 Å². The fraction of sp³-hybridized carbons (Fsp3) is 0.529. The zero-order chi connectivity index (χ0) is 16.7. The number of rotatable bonds is 7. The molecule has 0 saturated carbocycles. The van der Waals surface area contributed by atoms with Crippen LogP contribution in [0.25, 0.3) is 0 Å². The number of hydrogen-bond donors (Lipinski definition) is 1. The summed E-state index contributed by atoms with van der Waals surface area (Å²) >= 11 is 0. The van der Waals surface area contributed by atoms with Gasteiger partial charge in [0.05, 0.1) is 19.6 Å². The summed E-state index contributed by atoms with van der Waals surface area (Å²) in [5, 5.41) is 2.85. The highest BCUT2D eigenvalue weighted by molar-refractivity contribution is 5.96. The minimum Gasteiger partial charge on any atom is -0.381 e. The lowest BCUT2D eigenvalue weighted by atomic mass is 10.1. The third kappa shape index (κ3) is 5.04. The van der Waals surface area contributed by atoms with Gasteiger partial charge in [0, 0.05) is 24.5 Å². The maximum absolute atomic E-state index is 11.9. The number of carbonyl (C=O) groups is 2. The van der Waals surface area contributed by atoms with Gasteiger partial charge in [-0.3, -0.25) is 9.59 Å². The van der Waals surface area contributed by atoms with Crippen LogP contribution < -0.4 is 10.2 Å². The quantitative estimate of drug-likeness (QED) is 0.781. The highest BCUT2D eigenvalue weighted by Gasteiger charge is 2.21. The van der Waals surface area contributed by atoms with Gasteiger partial charge in [0.1, 0.15) is 6.61 Å². The summed E-state index contributed by atoms with van der Waals surface area (Å²) in [5.74, 6) is -0.111. The lowest BCUT2D eigenvalue weighted by Gasteiger charge is -2.28. The molecule has 1 aromatic rings. The van der Waals surface area contributed by atoms with E-state index in [2.05, 4.69) is 5.32 Å². The van der Waals surface area contributed by atoms with E-state index in [9.17, 15) is 9.59 Å². The maximum Gasteiger partial charge on any atom is 0.253 e. The summed E-state index contributed by atoms with van der Waals surface area (Å²) in [4.78, 5) is 25.5. The van der Waals surface area contributed by atoms with Crippen molar-refractivity contribution >= 4 is 23.2 Å². The number of ether oxygens (including phenoxy) is 2. The zero-order valence-corrected chi connectivity index (χ0v) is 13.8. The molecule has 0 aliphatic carbocycles. The average Bonchev–Trinajstić information content (AvgIpc) is 2.53. The Kier molecular flexibility index (Phi) is 6.55. The van der Waals surface area contributed by atoms with Gasteiger partial charge < -0.3 is 19.7 Å². The standard InChI is InChI=1S/C17H24N2O4/c1-3-8-22-9-6-16(20)18-14-4-5-15(13(2)11-14)19-7-10-23-12-17(19)21/h4-5,11H,3,6-10,12H2,1-2H3,(H,18,20). The predicted octanol–water partition coefficient (Wildman–Crippen LogP) is 2.11. The van der Waals surface area contributed by atoms with Gasteiger partial charge in [0.15, 0.2) is 0 Å². The molecule has 2 rings (SSSR count). The van der Waals surface area contributed by atoms with Crippen molar-refractivity contribution in [2.24, 2.45) is 0 Å². The third-order valence-corrected chi connectivity index (χ3v) is 3.58. The monoisotopic (exact) mass is 320 g/mol. The maximum atomic E-state index is 11.9. The molecule has 0 unspecified atom stereocenters. The fourth-order valence-electron chi connectivity index (χ4n) is 2.44. The zero-order valence-electron chi connectivity index (χ0n) is 13.8. The molecule has 0 atom stereocenters. The van der Waals surface area contributed by atoms with Crippen molar-refractivity contribution in [1.29, 1.82) is 0 Å². The second kappa shape index (κ2) is 8.64. The van der Waals surface area contributed by atoms with Crippen LogP contribution in [-0.4, -0.2) is 44.8 Å². The van der Waals surface area contributed by atoms with Gasteiger partial charge in [0.25, 0.3) is 5.91 Å². The van der Waals surface area contributed by atoms with Crippen molar-refractivity contribution in [2.45, 2.75) is 26.7 Å². The molecule has 2 amide bonds. The lowest BCUT2D eigenvalue weighted by Crippen LogP contribution is -2.42. The molecule has 1 fully saturated rings. The molecule has 126 valence electrons. The molecule has 1 saturated heterocycles. The van der Waals surface area contributed by atoms with E-state index >= 15 is 0 Å². The van der Waals surface area contributed by atoms with E-state index in [-0.39, 0.29) is 18.4 Å². The van der Waals surface area contributed by atoms with Crippen molar-refractivity contribution in [2.75, 3.05) is 43.2 Å². The number of nitrogens with zero attached hydrogens (tertiary/aromatic N) is 1. The Balaban J connectivity index is 1.93. The van der Waals surface area contributed by atoms with E-state index < -0.39 is 0 Å². The number of nitrogens with one attached hydrogen (secondary N) is 1. The van der Waals surface area contributed by atoms with E-state index in [1.54, 1.807) is 4.90 Å². The van der Waals surface area contributed by atoms with Crippen LogP contribution in [0.15, 0.2) is 18.2 Å². The van der Waals surface area contributed by atoms with Gasteiger partial charge in [-0.15, -0.1) is 0 Å². The number of benzene rings is 1. The normalized spacial score (nSPS) is 14.9. The Bertz CT molecular complexity index is 560. The number of hydrogen-bond acceptors (Lipinski definition) is 4. The SMILES string of the molecule is CCCOCCC(=O)Nc1ccc(N2CCOCC2=O)c(C)c1. The van der Waals surface area contributed by atoms with E-state index in [1.165, 1.54) is 0 Å². The summed E-state index contributed by atoms with van der Waals surface area (Å²) in [5.41, 5.74) is 2.54. The minimum absolute atomic E-state index is 0.0378. The molecule has 0 spiro atoms. The van der Waals surface area contributed by atoms with E-state index in [1.807, 2.05) is 32.0 Å². The van der Waals surface area contributed by atoms with Crippen molar-refractivity contribution in [3.63, 3.8) is 0 Å². The van der Waals surface area contributed by atoms with Gasteiger partial charge in [-0.1, -0.05) is 6.92 Å². The molecular formula is C17H24N2O4. The first-order valence-corrected chi connectivity index (χ1v) is 7.98. The van der Waals surface area contributed by atoms with Crippen LogP contribution in [0.4, 0.5) is 11.4 Å². The van der Waals surface area contributed by atoms with Crippen molar-refractivity contribution in [3.8, 4) is 0 Å². The largest absolute Gasteiger partial charge is 0.381 e. The van der Waals surface area contributed by atoms with Gasteiger partial charge in [-0.25, -0.2) is 0 Å². The highest BCUT2D eigenvalue weighted by atomic mass is 16.5. The van der Waals surface area contributed by atoms with Crippen LogP contribution in [0, 0.1) is 6.92 Å². The molecule has 6 nitrogen and oxygen atoms in total. The topological polar surface area (TPSA) is 67.9 Å². The summed E-state index contributed by atoms with van der Waals surface area (Å²) < 4.78 is 10.5. The van der Waals surface area contributed by atoms with Crippen molar-refractivity contribution in [3.05, 3.63) is 23.8 Å². The highest BCUT2D eigenvalue weighted by Crippen LogP contribution is 2.25. The first-order valence-electron chi connectivity index (χ1n) is 7.98. The molecule has 1 aliphatic heterocycles. The third-order valence-electron chi connectivity index (χ3n) is 3.58. The van der Waals surface area contributed by atoms with Gasteiger partial charge in [0.2, 0.25) is 5.91 Å². The number of morpholine rings is 1. The fourth-order valence-corrected chi connectivity index (χ4v) is 2.44. The number of aryl methyl sites for hydroxylation is 1. The first-order chi connectivity index (χ1) is 11.1. The van der Waals surface area contributed by atoms with E-state index in [0.29, 0.717) is 32.8 Å². The predicted molar refractivity (Wildman–Crippen MR) is 88.7 cm³/mol. The lowest BCUT2D eigenvalue weighted by molar-refractivity contribution is -0.125.